The van der Waals surface area contributed by atoms with Gasteiger partial charge in [0.05, 0.1) is 25.1 Å². The number of aliphatic hydroxyl groups excluding tert-OH is 1. The van der Waals surface area contributed by atoms with E-state index in [4.69, 9.17) is 11.5 Å². The summed E-state index contributed by atoms with van der Waals surface area (Å²) >= 11 is 24.6. The number of thiol groups is 6. The van der Waals surface area contributed by atoms with Crippen molar-refractivity contribution in [2.45, 2.75) is 143 Å². The van der Waals surface area contributed by atoms with Crippen LogP contribution in [0.2, 0.25) is 0 Å². The van der Waals surface area contributed by atoms with Crippen LogP contribution >= 0.6 is 75.8 Å². The molecular formula is C59H85N15O21S6. The highest BCUT2D eigenvalue weighted by Crippen LogP contribution is 2.21. The van der Waals surface area contributed by atoms with E-state index in [1.54, 1.807) is 0 Å². The van der Waals surface area contributed by atoms with E-state index >= 15 is 0 Å². The quantitative estimate of drug-likeness (QED) is 0.0275. The Morgan fingerprint density at radius 3 is 1.34 bits per heavy atom. The molecular weight excluding hydrogens is 1450 g/mol. The van der Waals surface area contributed by atoms with Gasteiger partial charge in [-0.3, -0.25) is 71.9 Å². The molecule has 14 atom stereocenters. The molecule has 0 radical (unpaired) electrons. The molecule has 0 aromatic heterocycles. The number of hydrogen-bond donors (Lipinski definition) is 25. The Morgan fingerprint density at radius 1 is 0.495 bits per heavy atom. The number of carboxylic acid groups (broad SMARTS) is 2. The van der Waals surface area contributed by atoms with Crippen LogP contribution in [0.5, 0.6) is 11.5 Å². The van der Waals surface area contributed by atoms with Gasteiger partial charge in [-0.2, -0.15) is 75.8 Å². The summed E-state index contributed by atoms with van der Waals surface area (Å²) in [6.07, 6.45) is -4.01. The Bertz CT molecular complexity index is 3290. The molecule has 21 N–H and O–H groups in total. The molecule has 0 aliphatic carbocycles. The molecule has 1 fully saturated rings. The molecule has 3 unspecified atom stereocenters. The van der Waals surface area contributed by atoms with Crippen LogP contribution in [-0.4, -0.2) is 257 Å². The van der Waals surface area contributed by atoms with Crippen molar-refractivity contribution in [3.8, 4) is 11.5 Å². The number of carbonyl (C=O) groups excluding carboxylic acids is 14. The van der Waals surface area contributed by atoms with Crippen LogP contribution < -0.4 is 75.3 Å². The lowest BCUT2D eigenvalue weighted by Crippen LogP contribution is -2.61. The Hall–Kier alpha value is -8.42. The first-order valence-corrected chi connectivity index (χ1v) is 34.7. The van der Waals surface area contributed by atoms with E-state index in [-0.39, 0.29) is 61.0 Å². The van der Waals surface area contributed by atoms with Crippen LogP contribution in [0, 0.1) is 0 Å². The number of aliphatic carboxylic acids is 2. The molecule has 14 amide bonds. The van der Waals surface area contributed by atoms with Crippen LogP contribution in [0.4, 0.5) is 0 Å². The minimum Gasteiger partial charge on any atom is -0.508 e. The lowest BCUT2D eigenvalue weighted by Gasteiger charge is -2.30. The first-order chi connectivity index (χ1) is 47.6. The Labute approximate surface area is 611 Å². The van der Waals surface area contributed by atoms with Gasteiger partial charge >= 0.3 is 11.9 Å². The summed E-state index contributed by atoms with van der Waals surface area (Å²) in [7, 11) is 0. The normalized spacial score (nSPS) is 16.4. The molecule has 2 aromatic carbocycles. The topological polar surface area (TPSA) is 574 Å². The molecule has 1 aliphatic rings. The molecule has 36 nitrogen and oxygen atoms in total. The Balaban J connectivity index is 1.68. The van der Waals surface area contributed by atoms with Gasteiger partial charge in [0, 0.05) is 60.3 Å². The zero-order valence-corrected chi connectivity index (χ0v) is 59.7. The highest BCUT2D eigenvalue weighted by Gasteiger charge is 2.41. The van der Waals surface area contributed by atoms with E-state index in [1.165, 1.54) is 55.5 Å². The second-order valence-corrected chi connectivity index (χ2v) is 25.0. The lowest BCUT2D eigenvalue weighted by atomic mass is 10.0. The number of amides is 14. The minimum atomic E-state index is -1.78. The maximum atomic E-state index is 14.2. The fraction of sp³-hybridized carbons (Fsp3) is 0.525. The van der Waals surface area contributed by atoms with Crippen LogP contribution in [0.15, 0.2) is 48.5 Å². The number of nitrogens with zero attached hydrogens (tertiary/aromatic N) is 1. The molecule has 0 spiro atoms. The molecule has 558 valence electrons. The summed E-state index contributed by atoms with van der Waals surface area (Å²) in [5, 5.41) is 77.2. The summed E-state index contributed by atoms with van der Waals surface area (Å²) in [5.41, 5.74) is 12.0. The van der Waals surface area contributed by atoms with E-state index in [2.05, 4.69) is 140 Å². The predicted octanol–water partition coefficient (Wildman–Crippen LogP) is -7.55. The van der Waals surface area contributed by atoms with E-state index in [0.717, 1.165) is 11.8 Å². The number of carboxylic acids is 2. The number of nitrogens with two attached hydrogens (primary N) is 2. The van der Waals surface area contributed by atoms with Crippen LogP contribution in [0.3, 0.4) is 0 Å². The number of phenols is 2. The standard InChI is InChI=1S/C59H85N15O21S6/c1-26(47(82)69-41(25-101)55(90)73-46(27(2)75)57(92)62-19-44(79)64-37(21-97)51(86)68-36(59(94)95)17-29-7-11-31(77)12-8-29)63-56(91)42-4-3-15-74(42)58(93)35(18-43(61)78)67-53(88)39(23-99)72-54(89)40(24-100)71-50(85)34(16-28-5-9-30(76)10-6-28)66-49(84)33(13-14-45(80)81)65-52(87)38(22-98)70-48(83)32(60)20-96/h5-12,26-27,32-42,46,75-77,96-101H,3-4,13-25,60H2,1-2H3,(H2,61,78)(H,62,92)(H,63,91)(H,64,79)(H,65,87)(H,66,84)(H,67,88)(H,68,86)(H,69,82)(H,70,83)(H,71,85)(H,72,89)(H,73,90)(H,80,81)(H,94,95)/t26-,27+,32-,33?,34-,35?,36-,37-,38-,39-,40?,41-,42-,46-/m0/s1. The Morgan fingerprint density at radius 2 is 0.891 bits per heavy atom. The van der Waals surface area contributed by atoms with Gasteiger partial charge in [-0.15, -0.1) is 0 Å². The lowest BCUT2D eigenvalue weighted by molar-refractivity contribution is -0.143. The molecule has 2 aromatic rings. The maximum absolute atomic E-state index is 14.2. The van der Waals surface area contributed by atoms with E-state index < -0.39 is 222 Å². The number of aromatic hydroxyl groups is 2. The smallest absolute Gasteiger partial charge is 0.326 e. The average Bonchev–Trinajstić information content (AvgIpc) is 1.74. The molecule has 1 aliphatic heterocycles. The monoisotopic (exact) mass is 1530 g/mol. The zero-order chi connectivity index (χ0) is 76.0. The molecule has 1 saturated heterocycles. The van der Waals surface area contributed by atoms with Crippen molar-refractivity contribution in [1.29, 1.82) is 0 Å². The molecule has 3 rings (SSSR count). The number of likely N-dealkylation sites (tertiary alicyclic amines) is 1. The minimum absolute atomic E-state index is 0.00496. The first-order valence-electron chi connectivity index (χ1n) is 30.9. The van der Waals surface area contributed by atoms with Gasteiger partial charge in [-0.05, 0) is 68.5 Å². The summed E-state index contributed by atoms with van der Waals surface area (Å²) in [4.78, 5) is 213. The van der Waals surface area contributed by atoms with Crippen LogP contribution in [0.25, 0.3) is 0 Å². The summed E-state index contributed by atoms with van der Waals surface area (Å²) < 4.78 is 0. The van der Waals surface area contributed by atoms with Crippen molar-refractivity contribution in [1.82, 2.24) is 68.7 Å². The number of carbonyl (C=O) groups is 16. The zero-order valence-electron chi connectivity index (χ0n) is 54.4. The summed E-state index contributed by atoms with van der Waals surface area (Å²) in [6, 6.07) is -8.90. The van der Waals surface area contributed by atoms with Crippen molar-refractivity contribution in [2.75, 3.05) is 47.6 Å². The number of primary amides is 1. The van der Waals surface area contributed by atoms with Crippen molar-refractivity contribution >= 4 is 170 Å². The van der Waals surface area contributed by atoms with Gasteiger partial charge in [0.15, 0.2) is 0 Å². The Kier molecular flexibility index (Phi) is 37.3. The molecule has 101 heavy (non-hydrogen) atoms. The second kappa shape index (κ2) is 43.4. The number of rotatable bonds is 42. The molecule has 0 saturated carbocycles. The van der Waals surface area contributed by atoms with Crippen molar-refractivity contribution < 1.29 is 102 Å². The van der Waals surface area contributed by atoms with Gasteiger partial charge in [0.2, 0.25) is 82.7 Å². The van der Waals surface area contributed by atoms with Crippen molar-refractivity contribution in [2.24, 2.45) is 11.5 Å². The summed E-state index contributed by atoms with van der Waals surface area (Å²) in [5.74, 6) is -19.3. The third-order valence-corrected chi connectivity index (χ3v) is 17.2. The fourth-order valence-corrected chi connectivity index (χ4v) is 10.9. The predicted molar refractivity (Wildman–Crippen MR) is 379 cm³/mol. The van der Waals surface area contributed by atoms with Crippen molar-refractivity contribution in [3.63, 3.8) is 0 Å². The number of nitrogens with one attached hydrogen (secondary N) is 12. The van der Waals surface area contributed by atoms with E-state index in [0.29, 0.717) is 11.1 Å². The number of benzene rings is 2. The van der Waals surface area contributed by atoms with Crippen LogP contribution in [-0.2, 0) is 89.6 Å². The maximum Gasteiger partial charge on any atom is 0.326 e. The van der Waals surface area contributed by atoms with E-state index in [9.17, 15) is 102 Å². The highest BCUT2D eigenvalue weighted by molar-refractivity contribution is 7.81. The molecule has 1 heterocycles. The van der Waals surface area contributed by atoms with Gasteiger partial charge < -0.3 is 106 Å². The molecule has 0 bridgehead atoms. The summed E-state index contributed by atoms with van der Waals surface area (Å²) in [6.45, 7) is 1.38. The van der Waals surface area contributed by atoms with Gasteiger partial charge in [0.1, 0.15) is 84.0 Å². The SMILES string of the molecule is C[C@H](NC(=O)[C@@H]1CCCN1C(=O)C(CC(N)=O)NC(=O)[C@H](CS)NC(=O)C(CS)NC(=O)[C@H](Cc1ccc(O)cc1)NC(=O)C(CCC(=O)O)NC(=O)[C@H](CS)NC(=O)[C@@H](N)CS)C(=O)N[C@@H](CS)C(=O)N[C@H](C(=O)NCC(=O)N[C@@H](CS)C(=O)N[C@@H](Cc1ccc(O)cc1)C(=O)O)[C@@H](C)O. The van der Waals surface area contributed by atoms with Gasteiger partial charge in [-0.25, -0.2) is 4.79 Å². The fourth-order valence-electron chi connectivity index (χ4n) is 9.41. The van der Waals surface area contributed by atoms with Gasteiger partial charge in [0.25, 0.3) is 0 Å². The first kappa shape index (κ1) is 86.8. The molecule has 42 heteroatoms. The average molecular weight is 1530 g/mol. The number of hydrogen-bond acceptors (Lipinski definition) is 26. The number of aliphatic hydroxyl groups is 1. The highest BCUT2D eigenvalue weighted by atomic mass is 32.1. The van der Waals surface area contributed by atoms with Gasteiger partial charge in [-0.1, -0.05) is 24.3 Å². The van der Waals surface area contributed by atoms with Crippen molar-refractivity contribution in [3.05, 3.63) is 59.7 Å². The number of phenolic OH excluding ortho intramolecular Hbond substituents is 2. The largest absolute Gasteiger partial charge is 0.508 e. The third-order valence-electron chi connectivity index (χ3n) is 15.0. The third kappa shape index (κ3) is 28.9. The van der Waals surface area contributed by atoms with E-state index in [1.807, 2.05) is 0 Å². The van der Waals surface area contributed by atoms with Crippen LogP contribution in [0.1, 0.15) is 57.1 Å². The second-order valence-electron chi connectivity index (χ2n) is 22.9.